The van der Waals surface area contributed by atoms with Gasteiger partial charge in [0.2, 0.25) is 0 Å². The van der Waals surface area contributed by atoms with E-state index in [-0.39, 0.29) is 0 Å². The summed E-state index contributed by atoms with van der Waals surface area (Å²) >= 11 is 6.65. The van der Waals surface area contributed by atoms with E-state index in [4.69, 9.17) is 18.0 Å². The molecule has 1 rings (SSSR count). The van der Waals surface area contributed by atoms with Crippen molar-refractivity contribution in [1.29, 1.82) is 0 Å². The molecule has 0 fully saturated rings. The topological polar surface area (TPSA) is 29.3 Å². The second kappa shape index (κ2) is 6.93. The molecular weight excluding hydrogens is 224 g/mol. The van der Waals surface area contributed by atoms with Crippen LogP contribution < -0.4 is 5.73 Å². The molecule has 2 nitrogen and oxygen atoms in total. The van der Waals surface area contributed by atoms with Crippen LogP contribution in [0.1, 0.15) is 24.1 Å². The van der Waals surface area contributed by atoms with Crippen molar-refractivity contribution in [3.63, 3.8) is 0 Å². The normalized spacial score (nSPS) is 10.8. The molecule has 2 N–H and O–H groups in total. The maximum Gasteiger partial charge on any atom is 0.0727 e. The van der Waals surface area contributed by atoms with Gasteiger partial charge in [-0.1, -0.05) is 18.3 Å². The molecule has 0 saturated carbocycles. The fraction of sp³-hybridized carbons (Fsp3) is 0.545. The zero-order valence-corrected chi connectivity index (χ0v) is 10.7. The molecule has 0 atom stereocenters. The number of rotatable bonds is 7. The lowest BCUT2D eigenvalue weighted by Crippen LogP contribution is -2.19. The summed E-state index contributed by atoms with van der Waals surface area (Å²) in [6.07, 6.45) is 3.14. The van der Waals surface area contributed by atoms with Crippen molar-refractivity contribution in [2.45, 2.75) is 25.8 Å². The van der Waals surface area contributed by atoms with Gasteiger partial charge in [-0.05, 0) is 44.3 Å². The molecule has 1 aromatic rings. The highest BCUT2D eigenvalue weighted by molar-refractivity contribution is 7.80. The fourth-order valence-electron chi connectivity index (χ4n) is 1.43. The zero-order chi connectivity index (χ0) is 11.1. The van der Waals surface area contributed by atoms with E-state index in [1.807, 2.05) is 11.3 Å². The van der Waals surface area contributed by atoms with Gasteiger partial charge in [-0.2, -0.15) is 0 Å². The maximum absolute atomic E-state index is 5.44. The quantitative estimate of drug-likeness (QED) is 0.589. The molecule has 0 saturated heterocycles. The molecule has 0 aromatic carbocycles. The molecule has 84 valence electrons. The van der Waals surface area contributed by atoms with Crippen molar-refractivity contribution in [3.05, 3.63) is 22.4 Å². The summed E-state index contributed by atoms with van der Waals surface area (Å²) in [5, 5.41) is 2.12. The van der Waals surface area contributed by atoms with E-state index in [0.717, 1.165) is 25.9 Å². The third kappa shape index (κ3) is 5.87. The Morgan fingerprint density at radius 1 is 1.53 bits per heavy atom. The minimum Gasteiger partial charge on any atom is -0.393 e. The Bertz CT molecular complexity index is 283. The molecule has 0 aliphatic heterocycles. The summed E-state index contributed by atoms with van der Waals surface area (Å²) in [5.41, 5.74) is 5.44. The van der Waals surface area contributed by atoms with Crippen LogP contribution in [-0.2, 0) is 6.54 Å². The van der Waals surface area contributed by atoms with Crippen LogP contribution in [0.4, 0.5) is 0 Å². The third-order valence-corrected chi connectivity index (χ3v) is 3.28. The fourth-order valence-corrected chi connectivity index (χ4v) is 2.36. The van der Waals surface area contributed by atoms with Crippen LogP contribution in [0, 0.1) is 0 Å². The summed E-state index contributed by atoms with van der Waals surface area (Å²) < 4.78 is 0. The maximum atomic E-state index is 5.44. The van der Waals surface area contributed by atoms with Crippen molar-refractivity contribution >= 4 is 28.5 Å². The summed E-state index contributed by atoms with van der Waals surface area (Å²) in [5.74, 6) is 0. The first-order valence-corrected chi connectivity index (χ1v) is 6.46. The number of hydrogen-bond acceptors (Lipinski definition) is 3. The van der Waals surface area contributed by atoms with Crippen molar-refractivity contribution < 1.29 is 0 Å². The lowest BCUT2D eigenvalue weighted by atomic mass is 10.2. The molecule has 0 spiro atoms. The Labute approximate surface area is 101 Å². The lowest BCUT2D eigenvalue weighted by molar-refractivity contribution is 0.322. The first-order valence-electron chi connectivity index (χ1n) is 5.17. The van der Waals surface area contributed by atoms with Gasteiger partial charge in [-0.15, -0.1) is 11.3 Å². The van der Waals surface area contributed by atoms with Gasteiger partial charge >= 0.3 is 0 Å². The van der Waals surface area contributed by atoms with Crippen LogP contribution in [0.25, 0.3) is 0 Å². The van der Waals surface area contributed by atoms with Crippen LogP contribution in [-0.4, -0.2) is 23.5 Å². The molecule has 0 amide bonds. The van der Waals surface area contributed by atoms with Gasteiger partial charge in [-0.3, -0.25) is 0 Å². The number of nitrogens with zero attached hydrogens (tertiary/aromatic N) is 1. The van der Waals surface area contributed by atoms with E-state index in [1.165, 1.54) is 11.3 Å². The van der Waals surface area contributed by atoms with Crippen molar-refractivity contribution in [3.8, 4) is 0 Å². The number of thiocarbonyl (C=S) groups is 1. The second-order valence-corrected chi connectivity index (χ2v) is 5.30. The molecule has 15 heavy (non-hydrogen) atoms. The van der Waals surface area contributed by atoms with E-state index in [9.17, 15) is 0 Å². The Balaban J connectivity index is 2.08. The van der Waals surface area contributed by atoms with Crippen LogP contribution in [0.15, 0.2) is 17.5 Å². The van der Waals surface area contributed by atoms with E-state index in [2.05, 4.69) is 29.5 Å². The Hall–Kier alpha value is -0.450. The molecule has 0 unspecified atom stereocenters. The first-order chi connectivity index (χ1) is 7.18. The minimum atomic E-state index is 0.635. The van der Waals surface area contributed by atoms with Gasteiger partial charge in [0.05, 0.1) is 4.99 Å². The third-order valence-electron chi connectivity index (χ3n) is 2.22. The second-order valence-electron chi connectivity index (χ2n) is 3.74. The Kier molecular flexibility index (Phi) is 5.83. The highest BCUT2D eigenvalue weighted by atomic mass is 32.1. The van der Waals surface area contributed by atoms with Crippen molar-refractivity contribution in [2.75, 3.05) is 13.6 Å². The summed E-state index contributed by atoms with van der Waals surface area (Å²) in [4.78, 5) is 4.40. The van der Waals surface area contributed by atoms with Gasteiger partial charge in [0.15, 0.2) is 0 Å². The van der Waals surface area contributed by atoms with E-state index in [1.54, 1.807) is 0 Å². The predicted octanol–water partition coefficient (Wildman–Crippen LogP) is 2.64. The van der Waals surface area contributed by atoms with Gasteiger partial charge in [0.1, 0.15) is 0 Å². The van der Waals surface area contributed by atoms with Crippen LogP contribution in [0.2, 0.25) is 0 Å². The van der Waals surface area contributed by atoms with Gasteiger partial charge in [0.25, 0.3) is 0 Å². The van der Waals surface area contributed by atoms with Crippen LogP contribution >= 0.6 is 23.6 Å². The molecule has 0 bridgehead atoms. The molecule has 1 aromatic heterocycles. The molecule has 4 heteroatoms. The first kappa shape index (κ1) is 12.6. The standard InChI is InChI=1S/C11H18N2S2/c1-13(7-3-2-6-11(12)14)9-10-5-4-8-15-10/h4-5,8H,2-3,6-7,9H2,1H3,(H2,12,14). The van der Waals surface area contributed by atoms with Gasteiger partial charge in [0, 0.05) is 11.4 Å². The minimum absolute atomic E-state index is 0.635. The number of thiophene rings is 1. The molecule has 0 radical (unpaired) electrons. The average Bonchev–Trinajstić information content (AvgIpc) is 2.64. The average molecular weight is 242 g/mol. The molecule has 0 aliphatic carbocycles. The monoisotopic (exact) mass is 242 g/mol. The molecular formula is C11H18N2S2. The number of unbranched alkanes of at least 4 members (excludes halogenated alkanes) is 1. The highest BCUT2D eigenvalue weighted by Crippen LogP contribution is 2.11. The van der Waals surface area contributed by atoms with Gasteiger partial charge < -0.3 is 10.6 Å². The summed E-state index contributed by atoms with van der Waals surface area (Å²) in [6.45, 7) is 2.16. The number of nitrogens with two attached hydrogens (primary N) is 1. The van der Waals surface area contributed by atoms with E-state index in [0.29, 0.717) is 4.99 Å². The number of hydrogen-bond donors (Lipinski definition) is 1. The molecule has 0 aliphatic rings. The van der Waals surface area contributed by atoms with Crippen LogP contribution in [0.5, 0.6) is 0 Å². The Morgan fingerprint density at radius 3 is 2.93 bits per heavy atom. The van der Waals surface area contributed by atoms with Crippen molar-refractivity contribution in [1.82, 2.24) is 4.90 Å². The smallest absolute Gasteiger partial charge is 0.0727 e. The highest BCUT2D eigenvalue weighted by Gasteiger charge is 2.00. The molecule has 1 heterocycles. The predicted molar refractivity (Wildman–Crippen MR) is 71.3 cm³/mol. The van der Waals surface area contributed by atoms with E-state index >= 15 is 0 Å². The largest absolute Gasteiger partial charge is 0.393 e. The van der Waals surface area contributed by atoms with E-state index < -0.39 is 0 Å². The summed E-state index contributed by atoms with van der Waals surface area (Å²) in [6, 6.07) is 4.27. The van der Waals surface area contributed by atoms with Crippen LogP contribution in [0.3, 0.4) is 0 Å². The van der Waals surface area contributed by atoms with Gasteiger partial charge in [-0.25, -0.2) is 0 Å². The SMILES string of the molecule is CN(CCCCC(N)=S)Cc1cccs1. The summed E-state index contributed by atoms with van der Waals surface area (Å²) in [7, 11) is 2.15. The Morgan fingerprint density at radius 2 is 2.33 bits per heavy atom. The lowest BCUT2D eigenvalue weighted by Gasteiger charge is -2.15. The van der Waals surface area contributed by atoms with Crippen molar-refractivity contribution in [2.24, 2.45) is 5.73 Å². The zero-order valence-electron chi connectivity index (χ0n) is 9.11.